The number of ether oxygens (including phenoxy) is 1. The van der Waals surface area contributed by atoms with Gasteiger partial charge in [0.15, 0.2) is 0 Å². The maximum absolute atomic E-state index is 11.1. The Balaban J connectivity index is 1.58. The zero-order valence-corrected chi connectivity index (χ0v) is 19.5. The van der Waals surface area contributed by atoms with Crippen molar-refractivity contribution in [3.05, 3.63) is 0 Å². The maximum Gasteiger partial charge on any atom is 0.303 e. The first-order valence-electron chi connectivity index (χ1n) is 12.4. The monoisotopic (exact) mass is 404 g/mol. The highest BCUT2D eigenvalue weighted by molar-refractivity contribution is 5.66. The molecule has 0 bridgehead atoms. The van der Waals surface area contributed by atoms with Crippen molar-refractivity contribution >= 4 is 5.97 Å². The Bertz CT molecular complexity index is 617. The molecule has 1 N–H and O–H groups in total. The van der Waals surface area contributed by atoms with Crippen LogP contribution in [0.2, 0.25) is 0 Å². The lowest BCUT2D eigenvalue weighted by Gasteiger charge is -2.63. The minimum atomic E-state index is -0.641. The quantitative estimate of drug-likeness (QED) is 0.576. The van der Waals surface area contributed by atoms with Crippen LogP contribution in [0.5, 0.6) is 0 Å². The van der Waals surface area contributed by atoms with Crippen LogP contribution in [-0.4, -0.2) is 24.3 Å². The first kappa shape index (κ1) is 21.7. The van der Waals surface area contributed by atoms with E-state index >= 15 is 0 Å². The molecule has 3 nitrogen and oxygen atoms in total. The minimum absolute atomic E-state index is 0.323. The van der Waals surface area contributed by atoms with E-state index in [1.54, 1.807) is 0 Å². The largest absolute Gasteiger partial charge is 0.481 e. The van der Waals surface area contributed by atoms with Crippen LogP contribution in [0, 0.1) is 52.3 Å². The predicted molar refractivity (Wildman–Crippen MR) is 117 cm³/mol. The second kappa shape index (κ2) is 7.84. The number of hydrogen-bond donors (Lipinski definition) is 1. The minimum Gasteiger partial charge on any atom is -0.481 e. The second-order valence-electron chi connectivity index (χ2n) is 12.0. The lowest BCUT2D eigenvalue weighted by molar-refractivity contribution is -0.176. The highest BCUT2D eigenvalue weighted by Crippen LogP contribution is 2.69. The molecule has 166 valence electrons. The highest BCUT2D eigenvalue weighted by Gasteiger charge is 2.63. The summed E-state index contributed by atoms with van der Waals surface area (Å²) in [7, 11) is 1.96. The number of fused-ring (bicyclic) bond motifs is 5. The Hall–Kier alpha value is -0.570. The van der Waals surface area contributed by atoms with E-state index in [4.69, 9.17) is 9.84 Å². The fourth-order valence-electron chi connectivity index (χ4n) is 9.19. The topological polar surface area (TPSA) is 46.5 Å². The molecule has 4 rings (SSSR count). The van der Waals surface area contributed by atoms with Gasteiger partial charge in [-0.15, -0.1) is 0 Å². The molecule has 0 unspecified atom stereocenters. The molecule has 10 atom stereocenters. The predicted octanol–water partition coefficient (Wildman–Crippen LogP) is 6.41. The average molecular weight is 405 g/mol. The SMILES string of the molecule is CO[C@H]1C[C@@H]2C[C@H](C)CC[C@]2(C)[C@H]2CC[C@]3(C)[C@@H]([C@H](C)CCC(=O)O)CC[C@H]3[C@H]12. The number of aliphatic carboxylic acids is 1. The zero-order chi connectivity index (χ0) is 21.0. The first-order chi connectivity index (χ1) is 13.7. The molecule has 4 fully saturated rings. The molecule has 0 spiro atoms. The number of hydrogen-bond acceptors (Lipinski definition) is 2. The molecule has 0 heterocycles. The van der Waals surface area contributed by atoms with Crippen molar-refractivity contribution in [2.24, 2.45) is 52.3 Å². The fraction of sp³-hybridized carbons (Fsp3) is 0.962. The van der Waals surface area contributed by atoms with E-state index in [9.17, 15) is 4.79 Å². The summed E-state index contributed by atoms with van der Waals surface area (Å²) in [6.07, 6.45) is 12.4. The molecule has 3 heteroatoms. The summed E-state index contributed by atoms with van der Waals surface area (Å²) < 4.78 is 6.24. The van der Waals surface area contributed by atoms with Gasteiger partial charge in [-0.1, -0.05) is 34.1 Å². The van der Waals surface area contributed by atoms with Crippen LogP contribution in [0.1, 0.15) is 91.9 Å². The molecule has 4 saturated carbocycles. The number of methoxy groups -OCH3 is 1. The highest BCUT2D eigenvalue weighted by atomic mass is 16.5. The van der Waals surface area contributed by atoms with Crippen LogP contribution in [-0.2, 0) is 9.53 Å². The van der Waals surface area contributed by atoms with Gasteiger partial charge in [-0.25, -0.2) is 0 Å². The van der Waals surface area contributed by atoms with Gasteiger partial charge in [0, 0.05) is 13.5 Å². The third kappa shape index (κ3) is 3.48. The molecule has 0 aliphatic heterocycles. The van der Waals surface area contributed by atoms with Crippen LogP contribution in [0.25, 0.3) is 0 Å². The van der Waals surface area contributed by atoms with Crippen molar-refractivity contribution in [1.29, 1.82) is 0 Å². The molecular weight excluding hydrogens is 360 g/mol. The summed E-state index contributed by atoms with van der Waals surface area (Å²) in [5.41, 5.74) is 0.890. The van der Waals surface area contributed by atoms with Gasteiger partial charge < -0.3 is 9.84 Å². The molecule has 29 heavy (non-hydrogen) atoms. The third-order valence-corrected chi connectivity index (χ3v) is 10.8. The number of carboxylic acids is 1. The van der Waals surface area contributed by atoms with E-state index < -0.39 is 5.97 Å². The van der Waals surface area contributed by atoms with Crippen molar-refractivity contribution in [2.45, 2.75) is 98.0 Å². The van der Waals surface area contributed by atoms with Crippen molar-refractivity contribution in [1.82, 2.24) is 0 Å². The van der Waals surface area contributed by atoms with E-state index in [1.165, 1.54) is 51.4 Å². The molecule has 0 aromatic heterocycles. The smallest absolute Gasteiger partial charge is 0.303 e. The Morgan fingerprint density at radius 2 is 1.76 bits per heavy atom. The first-order valence-corrected chi connectivity index (χ1v) is 12.4. The van der Waals surface area contributed by atoms with Gasteiger partial charge in [0.2, 0.25) is 0 Å². The van der Waals surface area contributed by atoms with Crippen LogP contribution in [0.3, 0.4) is 0 Å². The molecule has 0 aromatic carbocycles. The summed E-state index contributed by atoms with van der Waals surface area (Å²) in [6.45, 7) is 9.97. The van der Waals surface area contributed by atoms with Crippen molar-refractivity contribution in [3.63, 3.8) is 0 Å². The lowest BCUT2D eigenvalue weighted by Crippen LogP contribution is -2.58. The molecule has 0 aromatic rings. The normalized spacial score (nSPS) is 50.3. The van der Waals surface area contributed by atoms with Crippen molar-refractivity contribution in [2.75, 3.05) is 7.11 Å². The molecule has 4 aliphatic carbocycles. The lowest BCUT2D eigenvalue weighted by atomic mass is 9.43. The van der Waals surface area contributed by atoms with Gasteiger partial charge in [-0.2, -0.15) is 0 Å². The molecule has 0 saturated heterocycles. The van der Waals surface area contributed by atoms with Gasteiger partial charge in [-0.05, 0) is 104 Å². The summed E-state index contributed by atoms with van der Waals surface area (Å²) in [6, 6.07) is 0. The number of rotatable bonds is 5. The average Bonchev–Trinajstić information content (AvgIpc) is 3.03. The standard InChI is InChI=1S/C26H44O3/c1-16-10-12-25(3)18(14-16)15-22(29-5)24-20-8-7-19(17(2)6-9-23(27)28)26(20,4)13-11-21(24)25/h16-22,24H,6-15H2,1-5H3,(H,27,28)/t16-,17-,18+,19-,20+,21+,22+,24+,25+,26-/m1/s1. The Kier molecular flexibility index (Phi) is 5.86. The van der Waals surface area contributed by atoms with Gasteiger partial charge in [0.25, 0.3) is 0 Å². The van der Waals surface area contributed by atoms with E-state index in [0.717, 1.165) is 30.1 Å². The van der Waals surface area contributed by atoms with E-state index in [1.807, 2.05) is 7.11 Å². The van der Waals surface area contributed by atoms with Gasteiger partial charge in [0.05, 0.1) is 6.10 Å². The zero-order valence-electron chi connectivity index (χ0n) is 19.5. The summed E-state index contributed by atoms with van der Waals surface area (Å²) in [5.74, 6) is 4.58. The Morgan fingerprint density at radius 1 is 1.07 bits per heavy atom. The fourth-order valence-corrected chi connectivity index (χ4v) is 9.19. The van der Waals surface area contributed by atoms with E-state index in [2.05, 4.69) is 27.7 Å². The Morgan fingerprint density at radius 3 is 2.45 bits per heavy atom. The van der Waals surface area contributed by atoms with Crippen LogP contribution in [0.15, 0.2) is 0 Å². The van der Waals surface area contributed by atoms with Crippen molar-refractivity contribution < 1.29 is 14.6 Å². The van der Waals surface area contributed by atoms with Crippen LogP contribution >= 0.6 is 0 Å². The summed E-state index contributed by atoms with van der Waals surface area (Å²) >= 11 is 0. The third-order valence-electron chi connectivity index (χ3n) is 10.8. The number of carboxylic acid groups (broad SMARTS) is 1. The molecule has 0 radical (unpaired) electrons. The van der Waals surface area contributed by atoms with E-state index in [0.29, 0.717) is 41.1 Å². The maximum atomic E-state index is 11.1. The van der Waals surface area contributed by atoms with E-state index in [-0.39, 0.29) is 0 Å². The summed E-state index contributed by atoms with van der Waals surface area (Å²) in [5, 5.41) is 9.16. The Labute approximate surface area is 178 Å². The second-order valence-corrected chi connectivity index (χ2v) is 12.0. The number of carbonyl (C=O) groups is 1. The van der Waals surface area contributed by atoms with Crippen LogP contribution in [0.4, 0.5) is 0 Å². The van der Waals surface area contributed by atoms with Crippen molar-refractivity contribution in [3.8, 4) is 0 Å². The summed E-state index contributed by atoms with van der Waals surface area (Å²) in [4.78, 5) is 11.1. The molecule has 4 aliphatic rings. The van der Waals surface area contributed by atoms with Gasteiger partial charge in [0.1, 0.15) is 0 Å². The molecule has 0 amide bonds. The van der Waals surface area contributed by atoms with Gasteiger partial charge in [-0.3, -0.25) is 4.79 Å². The van der Waals surface area contributed by atoms with Crippen LogP contribution < -0.4 is 0 Å². The van der Waals surface area contributed by atoms with Gasteiger partial charge >= 0.3 is 5.97 Å². The molecular formula is C26H44O3.